The first kappa shape index (κ1) is 21.8. The molecule has 3 aromatic rings. The number of piperidine rings is 1. The van der Waals surface area contributed by atoms with Crippen molar-refractivity contribution in [2.75, 3.05) is 20.8 Å². The van der Waals surface area contributed by atoms with Gasteiger partial charge >= 0.3 is 6.18 Å². The number of nitrogens with zero attached hydrogens (tertiary/aromatic N) is 5. The second-order valence-corrected chi connectivity index (χ2v) is 7.48. The lowest BCUT2D eigenvalue weighted by Crippen LogP contribution is -2.40. The van der Waals surface area contributed by atoms with Crippen LogP contribution >= 0.6 is 0 Å². The molecule has 170 valence electrons. The number of benzene rings is 1. The fourth-order valence-electron chi connectivity index (χ4n) is 3.99. The highest BCUT2D eigenvalue weighted by Gasteiger charge is 2.38. The van der Waals surface area contributed by atoms with Crippen molar-refractivity contribution in [1.82, 2.24) is 24.5 Å². The number of rotatable bonds is 5. The number of amides is 1. The Kier molecular flexibility index (Phi) is 5.90. The minimum atomic E-state index is -4.68. The molecule has 11 heteroatoms. The topological polar surface area (TPSA) is 81.9 Å². The Balaban J connectivity index is 1.64. The van der Waals surface area contributed by atoms with Crippen LogP contribution < -0.4 is 9.47 Å². The summed E-state index contributed by atoms with van der Waals surface area (Å²) in [6.07, 6.45) is -0.900. The quantitative estimate of drug-likeness (QED) is 0.594. The number of fused-ring (bicyclic) bond motifs is 1. The Labute approximate surface area is 182 Å². The van der Waals surface area contributed by atoms with E-state index in [1.807, 2.05) is 0 Å². The van der Waals surface area contributed by atoms with Crippen LogP contribution in [0.1, 0.15) is 42.4 Å². The lowest BCUT2D eigenvalue weighted by molar-refractivity contribution is -0.144. The SMILES string of the molecule is COc1ccc(CC(=O)N2CCCCC2c2ccnc3nc(C(F)(F)F)nn23)cc1OC. The number of hydrogen-bond donors (Lipinski definition) is 0. The number of aromatic nitrogens is 4. The molecule has 4 rings (SSSR count). The van der Waals surface area contributed by atoms with Gasteiger partial charge in [0.1, 0.15) is 0 Å². The van der Waals surface area contributed by atoms with Crippen LogP contribution in [0.4, 0.5) is 13.2 Å². The number of hydrogen-bond acceptors (Lipinski definition) is 6. The molecule has 1 atom stereocenters. The molecule has 32 heavy (non-hydrogen) atoms. The van der Waals surface area contributed by atoms with Gasteiger partial charge in [-0.05, 0) is 43.0 Å². The monoisotopic (exact) mass is 449 g/mol. The Bertz CT molecular complexity index is 1130. The molecule has 1 aliphatic rings. The van der Waals surface area contributed by atoms with Crippen molar-refractivity contribution in [2.45, 2.75) is 37.9 Å². The molecule has 0 bridgehead atoms. The molecular formula is C21H22F3N5O3. The van der Waals surface area contributed by atoms with Crippen molar-refractivity contribution in [1.29, 1.82) is 0 Å². The number of alkyl halides is 3. The number of methoxy groups -OCH3 is 2. The number of carbonyl (C=O) groups excluding carboxylic acids is 1. The summed E-state index contributed by atoms with van der Waals surface area (Å²) in [7, 11) is 3.05. The predicted octanol–water partition coefficient (Wildman–Crippen LogP) is 3.46. The first-order valence-corrected chi connectivity index (χ1v) is 10.1. The molecule has 1 saturated heterocycles. The molecule has 1 aromatic carbocycles. The standard InChI is InChI=1S/C21H22F3N5O3/c1-31-16-7-6-13(11-17(16)32-2)12-18(30)28-10-4-3-5-14(28)15-8-9-25-20-26-19(21(22,23)24)27-29(15)20/h6-9,11,14H,3-5,10,12H2,1-2H3. The largest absolute Gasteiger partial charge is 0.493 e. The van der Waals surface area contributed by atoms with Gasteiger partial charge in [0, 0.05) is 12.7 Å². The number of halogens is 3. The summed E-state index contributed by atoms with van der Waals surface area (Å²) in [6.45, 7) is 0.501. The average Bonchev–Trinajstić information content (AvgIpc) is 3.24. The molecular weight excluding hydrogens is 427 g/mol. The van der Waals surface area contributed by atoms with Crippen LogP contribution in [-0.2, 0) is 17.4 Å². The van der Waals surface area contributed by atoms with E-state index in [1.54, 1.807) is 29.2 Å². The Morgan fingerprint density at radius 3 is 2.66 bits per heavy atom. The third kappa shape index (κ3) is 4.19. The normalized spacial score (nSPS) is 16.9. The molecule has 0 radical (unpaired) electrons. The lowest BCUT2D eigenvalue weighted by atomic mass is 9.98. The van der Waals surface area contributed by atoms with Gasteiger partial charge in [-0.2, -0.15) is 22.7 Å². The van der Waals surface area contributed by atoms with Crippen molar-refractivity contribution in [3.63, 3.8) is 0 Å². The predicted molar refractivity (Wildman–Crippen MR) is 107 cm³/mol. The van der Waals surface area contributed by atoms with Gasteiger partial charge in [0.25, 0.3) is 11.6 Å². The summed E-state index contributed by atoms with van der Waals surface area (Å²) in [5, 5.41) is 3.63. The van der Waals surface area contributed by atoms with E-state index in [0.29, 0.717) is 30.2 Å². The van der Waals surface area contributed by atoms with Gasteiger partial charge in [0.15, 0.2) is 11.5 Å². The average molecular weight is 449 g/mol. The summed E-state index contributed by atoms with van der Waals surface area (Å²) in [5.74, 6) is -0.455. The molecule has 3 heterocycles. The number of likely N-dealkylation sites (tertiary alicyclic amines) is 1. The maximum atomic E-state index is 13.2. The van der Waals surface area contributed by atoms with Crippen LogP contribution in [0, 0.1) is 0 Å². The molecule has 8 nitrogen and oxygen atoms in total. The summed E-state index contributed by atoms with van der Waals surface area (Å²) in [4.78, 5) is 22.3. The zero-order valence-corrected chi connectivity index (χ0v) is 17.6. The van der Waals surface area contributed by atoms with Crippen molar-refractivity contribution >= 4 is 11.7 Å². The molecule has 0 saturated carbocycles. The van der Waals surface area contributed by atoms with Crippen LogP contribution in [0.3, 0.4) is 0 Å². The van der Waals surface area contributed by atoms with Crippen LogP contribution in [-0.4, -0.2) is 51.2 Å². The van der Waals surface area contributed by atoms with Crippen molar-refractivity contribution in [2.24, 2.45) is 0 Å². The zero-order chi connectivity index (χ0) is 22.9. The molecule has 1 fully saturated rings. The molecule has 2 aromatic heterocycles. The van der Waals surface area contributed by atoms with E-state index in [-0.39, 0.29) is 18.1 Å². The highest BCUT2D eigenvalue weighted by molar-refractivity contribution is 5.79. The smallest absolute Gasteiger partial charge is 0.453 e. The highest BCUT2D eigenvalue weighted by atomic mass is 19.4. The van der Waals surface area contributed by atoms with E-state index in [4.69, 9.17) is 9.47 Å². The summed E-state index contributed by atoms with van der Waals surface area (Å²) in [6, 6.07) is 6.43. The van der Waals surface area contributed by atoms with Gasteiger partial charge in [0.05, 0.1) is 32.4 Å². The molecule has 0 spiro atoms. The fraction of sp³-hybridized carbons (Fsp3) is 0.429. The Morgan fingerprint density at radius 2 is 1.94 bits per heavy atom. The van der Waals surface area contributed by atoms with Gasteiger partial charge < -0.3 is 14.4 Å². The maximum Gasteiger partial charge on any atom is 0.453 e. The zero-order valence-electron chi connectivity index (χ0n) is 17.6. The fourth-order valence-corrected chi connectivity index (χ4v) is 3.99. The third-order valence-corrected chi connectivity index (χ3v) is 5.49. The minimum Gasteiger partial charge on any atom is -0.493 e. The second-order valence-electron chi connectivity index (χ2n) is 7.48. The Hall–Kier alpha value is -3.37. The molecule has 0 N–H and O–H groups in total. The van der Waals surface area contributed by atoms with Gasteiger partial charge in [-0.15, -0.1) is 5.10 Å². The van der Waals surface area contributed by atoms with E-state index < -0.39 is 18.0 Å². The summed E-state index contributed by atoms with van der Waals surface area (Å²) in [5.41, 5.74) is 1.20. The maximum absolute atomic E-state index is 13.2. The Morgan fingerprint density at radius 1 is 1.16 bits per heavy atom. The van der Waals surface area contributed by atoms with Crippen molar-refractivity contribution in [3.8, 4) is 11.5 Å². The first-order chi connectivity index (χ1) is 15.3. The van der Waals surface area contributed by atoms with E-state index in [9.17, 15) is 18.0 Å². The second kappa shape index (κ2) is 8.64. The number of carbonyl (C=O) groups is 1. The third-order valence-electron chi connectivity index (χ3n) is 5.49. The van der Waals surface area contributed by atoms with Crippen LogP contribution in [0.2, 0.25) is 0 Å². The van der Waals surface area contributed by atoms with Gasteiger partial charge in [-0.1, -0.05) is 6.07 Å². The van der Waals surface area contributed by atoms with E-state index in [1.165, 1.54) is 20.4 Å². The minimum absolute atomic E-state index is 0.121. The van der Waals surface area contributed by atoms with E-state index in [2.05, 4.69) is 15.1 Å². The number of ether oxygens (including phenoxy) is 2. The van der Waals surface area contributed by atoms with Crippen molar-refractivity contribution in [3.05, 3.63) is 47.5 Å². The van der Waals surface area contributed by atoms with E-state index in [0.717, 1.165) is 22.9 Å². The van der Waals surface area contributed by atoms with Gasteiger partial charge in [-0.25, -0.2) is 4.98 Å². The molecule has 1 unspecified atom stereocenters. The van der Waals surface area contributed by atoms with Crippen molar-refractivity contribution < 1.29 is 27.4 Å². The molecule has 1 amide bonds. The van der Waals surface area contributed by atoms with Crippen LogP contribution in [0.5, 0.6) is 11.5 Å². The van der Waals surface area contributed by atoms with Crippen LogP contribution in [0.25, 0.3) is 5.78 Å². The van der Waals surface area contributed by atoms with E-state index >= 15 is 0 Å². The molecule has 1 aliphatic heterocycles. The highest BCUT2D eigenvalue weighted by Crippen LogP contribution is 2.33. The first-order valence-electron chi connectivity index (χ1n) is 10.1. The summed E-state index contributed by atoms with van der Waals surface area (Å²) >= 11 is 0. The molecule has 0 aliphatic carbocycles. The lowest BCUT2D eigenvalue weighted by Gasteiger charge is -2.36. The van der Waals surface area contributed by atoms with Gasteiger partial charge in [-0.3, -0.25) is 4.79 Å². The van der Waals surface area contributed by atoms with Crippen LogP contribution in [0.15, 0.2) is 30.5 Å². The van der Waals surface area contributed by atoms with Gasteiger partial charge in [0.2, 0.25) is 5.91 Å². The summed E-state index contributed by atoms with van der Waals surface area (Å²) < 4.78 is 51.0.